The Morgan fingerprint density at radius 2 is 2.10 bits per heavy atom. The summed E-state index contributed by atoms with van der Waals surface area (Å²) in [6.07, 6.45) is 0. The largest absolute Gasteiger partial charge is 0.370 e. The van der Waals surface area contributed by atoms with E-state index >= 15 is 0 Å². The fourth-order valence-corrected chi connectivity index (χ4v) is 3.06. The Kier molecular flexibility index (Phi) is 5.12. The second-order valence-corrected chi connectivity index (χ2v) is 6.07. The van der Waals surface area contributed by atoms with Crippen LogP contribution in [-0.2, 0) is 5.54 Å². The first kappa shape index (κ1) is 16.1. The minimum Gasteiger partial charge on any atom is -0.370 e. The standard InChI is InChI=1S/C16H25ClN4/c1-4-20(5-2)9-10-21-15(18)19-12-16(21,3)13-7-6-8-14(17)11-13/h6-8,11H,4-5,9-10,12H2,1-3H3,(H2,18,19). The molecule has 4 nitrogen and oxygen atoms in total. The number of halogens is 1. The Labute approximate surface area is 132 Å². The molecule has 0 aromatic heterocycles. The normalized spacial score (nSPS) is 22.0. The maximum Gasteiger partial charge on any atom is 0.192 e. The number of hydrogen-bond donors (Lipinski definition) is 1. The van der Waals surface area contributed by atoms with E-state index in [1.807, 2.05) is 18.2 Å². The average molecular weight is 309 g/mol. The first-order valence-corrected chi connectivity index (χ1v) is 7.95. The Balaban J connectivity index is 2.18. The van der Waals surface area contributed by atoms with Crippen molar-refractivity contribution in [3.8, 4) is 0 Å². The van der Waals surface area contributed by atoms with Gasteiger partial charge in [0, 0.05) is 18.1 Å². The first-order valence-electron chi connectivity index (χ1n) is 7.57. The molecule has 0 saturated carbocycles. The molecule has 0 amide bonds. The molecule has 0 fully saturated rings. The van der Waals surface area contributed by atoms with Crippen molar-refractivity contribution in [1.82, 2.24) is 9.80 Å². The summed E-state index contributed by atoms with van der Waals surface area (Å²) in [4.78, 5) is 9.06. The lowest BCUT2D eigenvalue weighted by molar-refractivity contribution is 0.188. The monoisotopic (exact) mass is 308 g/mol. The molecule has 0 aliphatic carbocycles. The molecule has 0 spiro atoms. The van der Waals surface area contributed by atoms with E-state index in [1.54, 1.807) is 0 Å². The molecule has 21 heavy (non-hydrogen) atoms. The van der Waals surface area contributed by atoms with Gasteiger partial charge in [0.05, 0.1) is 12.1 Å². The molecule has 1 atom stereocenters. The molecule has 1 aromatic carbocycles. The van der Waals surface area contributed by atoms with Crippen molar-refractivity contribution in [3.05, 3.63) is 34.9 Å². The smallest absolute Gasteiger partial charge is 0.192 e. The second kappa shape index (κ2) is 6.67. The quantitative estimate of drug-likeness (QED) is 0.878. The highest BCUT2D eigenvalue weighted by atomic mass is 35.5. The minimum atomic E-state index is -0.206. The number of nitrogens with zero attached hydrogens (tertiary/aromatic N) is 3. The van der Waals surface area contributed by atoms with Crippen molar-refractivity contribution in [2.75, 3.05) is 32.7 Å². The van der Waals surface area contributed by atoms with E-state index in [9.17, 15) is 0 Å². The molecule has 0 saturated heterocycles. The Hall–Kier alpha value is -1.26. The Bertz CT molecular complexity index is 513. The van der Waals surface area contributed by atoms with Crippen LogP contribution in [0.3, 0.4) is 0 Å². The van der Waals surface area contributed by atoms with Crippen LogP contribution in [0.25, 0.3) is 0 Å². The van der Waals surface area contributed by atoms with Crippen molar-refractivity contribution in [2.24, 2.45) is 10.7 Å². The van der Waals surface area contributed by atoms with Crippen LogP contribution in [-0.4, -0.2) is 48.5 Å². The molecule has 1 aliphatic rings. The summed E-state index contributed by atoms with van der Waals surface area (Å²) in [5, 5.41) is 0.753. The van der Waals surface area contributed by atoms with Gasteiger partial charge in [0.15, 0.2) is 5.96 Å². The summed E-state index contributed by atoms with van der Waals surface area (Å²) in [7, 11) is 0. The van der Waals surface area contributed by atoms with E-state index in [1.165, 1.54) is 5.56 Å². The summed E-state index contributed by atoms with van der Waals surface area (Å²) in [5.41, 5.74) is 7.08. The highest BCUT2D eigenvalue weighted by Gasteiger charge is 2.39. The van der Waals surface area contributed by atoms with Crippen LogP contribution in [0.15, 0.2) is 29.3 Å². The van der Waals surface area contributed by atoms with E-state index in [4.69, 9.17) is 17.3 Å². The summed E-state index contributed by atoms with van der Waals surface area (Å²) < 4.78 is 0. The van der Waals surface area contributed by atoms with Gasteiger partial charge in [-0.15, -0.1) is 0 Å². The van der Waals surface area contributed by atoms with Crippen molar-refractivity contribution in [2.45, 2.75) is 26.3 Å². The van der Waals surface area contributed by atoms with Crippen molar-refractivity contribution in [1.29, 1.82) is 0 Å². The molecule has 2 rings (SSSR count). The number of rotatable bonds is 6. The van der Waals surface area contributed by atoms with Gasteiger partial charge in [-0.05, 0) is 37.7 Å². The molecule has 1 aromatic rings. The Morgan fingerprint density at radius 1 is 1.38 bits per heavy atom. The zero-order chi connectivity index (χ0) is 15.5. The third kappa shape index (κ3) is 3.33. The third-order valence-electron chi connectivity index (χ3n) is 4.40. The van der Waals surface area contributed by atoms with Crippen LogP contribution < -0.4 is 5.73 Å². The molecule has 1 heterocycles. The molecule has 2 N–H and O–H groups in total. The number of nitrogens with two attached hydrogens (primary N) is 1. The summed E-state index contributed by atoms with van der Waals surface area (Å²) in [5.74, 6) is 0.629. The van der Waals surface area contributed by atoms with E-state index in [2.05, 4.69) is 41.6 Å². The molecule has 0 radical (unpaired) electrons. The van der Waals surface area contributed by atoms with Gasteiger partial charge in [-0.25, -0.2) is 0 Å². The van der Waals surface area contributed by atoms with Gasteiger partial charge in [0.25, 0.3) is 0 Å². The van der Waals surface area contributed by atoms with Crippen LogP contribution in [0.5, 0.6) is 0 Å². The van der Waals surface area contributed by atoms with Crippen molar-refractivity contribution >= 4 is 17.6 Å². The van der Waals surface area contributed by atoms with E-state index < -0.39 is 0 Å². The van der Waals surface area contributed by atoms with Gasteiger partial charge in [0.1, 0.15) is 0 Å². The molecule has 1 aliphatic heterocycles. The topological polar surface area (TPSA) is 44.9 Å². The first-order chi connectivity index (χ1) is 10.0. The number of guanidine groups is 1. The lowest BCUT2D eigenvalue weighted by atomic mass is 9.91. The van der Waals surface area contributed by atoms with Gasteiger partial charge in [-0.1, -0.05) is 37.6 Å². The zero-order valence-electron chi connectivity index (χ0n) is 13.1. The van der Waals surface area contributed by atoms with Gasteiger partial charge in [-0.3, -0.25) is 4.99 Å². The molecular formula is C16H25ClN4. The molecular weight excluding hydrogens is 284 g/mol. The van der Waals surface area contributed by atoms with Gasteiger partial charge in [-0.2, -0.15) is 0 Å². The number of aliphatic imine (C=N–C) groups is 1. The van der Waals surface area contributed by atoms with Crippen LogP contribution >= 0.6 is 11.6 Å². The highest BCUT2D eigenvalue weighted by molar-refractivity contribution is 6.30. The fraction of sp³-hybridized carbons (Fsp3) is 0.562. The predicted octanol–water partition coefficient (Wildman–Crippen LogP) is 2.53. The van der Waals surface area contributed by atoms with Crippen LogP contribution in [0.4, 0.5) is 0 Å². The predicted molar refractivity (Wildman–Crippen MR) is 89.8 cm³/mol. The van der Waals surface area contributed by atoms with Crippen LogP contribution in [0.1, 0.15) is 26.3 Å². The second-order valence-electron chi connectivity index (χ2n) is 5.64. The number of likely N-dealkylation sites (N-methyl/N-ethyl adjacent to an activating group) is 1. The number of benzene rings is 1. The average Bonchev–Trinajstić information content (AvgIpc) is 2.77. The summed E-state index contributed by atoms with van der Waals surface area (Å²) >= 11 is 6.15. The maximum absolute atomic E-state index is 6.15. The van der Waals surface area contributed by atoms with Crippen LogP contribution in [0.2, 0.25) is 5.02 Å². The lowest BCUT2D eigenvalue weighted by Gasteiger charge is -2.38. The molecule has 116 valence electrons. The van der Waals surface area contributed by atoms with Crippen molar-refractivity contribution < 1.29 is 0 Å². The van der Waals surface area contributed by atoms with Gasteiger partial charge < -0.3 is 15.5 Å². The lowest BCUT2D eigenvalue weighted by Crippen LogP contribution is -2.50. The molecule has 1 unspecified atom stereocenters. The highest BCUT2D eigenvalue weighted by Crippen LogP contribution is 2.33. The van der Waals surface area contributed by atoms with E-state index in [0.717, 1.165) is 31.2 Å². The fourth-order valence-electron chi connectivity index (χ4n) is 2.87. The SMILES string of the molecule is CCN(CC)CCN1C(N)=NCC1(C)c1cccc(Cl)c1. The van der Waals surface area contributed by atoms with Gasteiger partial charge in [0.2, 0.25) is 0 Å². The third-order valence-corrected chi connectivity index (χ3v) is 4.64. The van der Waals surface area contributed by atoms with E-state index in [-0.39, 0.29) is 5.54 Å². The summed E-state index contributed by atoms with van der Waals surface area (Å²) in [6.45, 7) is 11.2. The molecule has 5 heteroatoms. The van der Waals surface area contributed by atoms with Crippen LogP contribution in [0, 0.1) is 0 Å². The van der Waals surface area contributed by atoms with Crippen molar-refractivity contribution in [3.63, 3.8) is 0 Å². The minimum absolute atomic E-state index is 0.206. The summed E-state index contributed by atoms with van der Waals surface area (Å²) in [6, 6.07) is 8.00. The molecule has 0 bridgehead atoms. The van der Waals surface area contributed by atoms with Gasteiger partial charge >= 0.3 is 0 Å². The van der Waals surface area contributed by atoms with E-state index in [0.29, 0.717) is 12.5 Å². The zero-order valence-corrected chi connectivity index (χ0v) is 13.9. The maximum atomic E-state index is 6.15. The Morgan fingerprint density at radius 3 is 2.71 bits per heavy atom. The number of hydrogen-bond acceptors (Lipinski definition) is 4.